The van der Waals surface area contributed by atoms with Crippen LogP contribution < -0.4 is 5.32 Å². The van der Waals surface area contributed by atoms with Gasteiger partial charge in [-0.3, -0.25) is 4.98 Å². The summed E-state index contributed by atoms with van der Waals surface area (Å²) in [4.78, 5) is 4.31. The number of hydrogen-bond acceptors (Lipinski definition) is 2. The molecule has 2 rings (SSSR count). The lowest BCUT2D eigenvalue weighted by atomic mass is 9.69. The molecule has 20 heavy (non-hydrogen) atoms. The van der Waals surface area contributed by atoms with Crippen LogP contribution in [0, 0.1) is 5.41 Å². The maximum Gasteiger partial charge on any atom is 0.0410 e. The first-order chi connectivity index (χ1) is 9.64. The van der Waals surface area contributed by atoms with E-state index in [9.17, 15) is 0 Å². The molecule has 1 heterocycles. The average Bonchev–Trinajstić information content (AvgIpc) is 2.44. The van der Waals surface area contributed by atoms with Gasteiger partial charge in [0, 0.05) is 22.9 Å². The third-order valence-electron chi connectivity index (χ3n) is 4.68. The summed E-state index contributed by atoms with van der Waals surface area (Å²) in [5, 5.41) is 3.80. The van der Waals surface area contributed by atoms with Crippen LogP contribution in [0.15, 0.2) is 22.9 Å². The fraction of sp³-hybridized carbons (Fsp3) is 0.706. The van der Waals surface area contributed by atoms with Gasteiger partial charge < -0.3 is 5.32 Å². The summed E-state index contributed by atoms with van der Waals surface area (Å²) >= 11 is 3.53. The summed E-state index contributed by atoms with van der Waals surface area (Å²) in [5.41, 5.74) is 1.77. The molecule has 1 atom stereocenters. The molecule has 0 amide bonds. The molecule has 112 valence electrons. The molecule has 1 aromatic heterocycles. The smallest absolute Gasteiger partial charge is 0.0410 e. The lowest BCUT2D eigenvalue weighted by Crippen LogP contribution is -2.46. The zero-order chi connectivity index (χ0) is 14.4. The van der Waals surface area contributed by atoms with E-state index in [1.54, 1.807) is 0 Å². The predicted octanol–water partition coefficient (Wildman–Crippen LogP) is 4.73. The first-order valence-corrected chi connectivity index (χ1v) is 8.76. The van der Waals surface area contributed by atoms with Crippen LogP contribution in [-0.2, 0) is 6.42 Å². The van der Waals surface area contributed by atoms with Crippen molar-refractivity contribution in [1.29, 1.82) is 0 Å². The Morgan fingerprint density at radius 3 is 2.70 bits per heavy atom. The van der Waals surface area contributed by atoms with Crippen LogP contribution in [-0.4, -0.2) is 17.6 Å². The van der Waals surface area contributed by atoms with E-state index in [0.29, 0.717) is 11.5 Å². The van der Waals surface area contributed by atoms with Crippen molar-refractivity contribution in [3.63, 3.8) is 0 Å². The second-order valence-electron chi connectivity index (χ2n) is 6.44. The van der Waals surface area contributed by atoms with Crippen LogP contribution in [0.4, 0.5) is 0 Å². The summed E-state index contributed by atoms with van der Waals surface area (Å²) in [6.07, 6.45) is 13.1. The SMILES string of the molecule is CCCNC(Cc1cncc(Br)c1)C1(C)CCCCC1. The number of rotatable bonds is 6. The fourth-order valence-corrected chi connectivity index (χ4v) is 3.81. The lowest BCUT2D eigenvalue weighted by Gasteiger charge is -2.41. The average molecular weight is 339 g/mol. The molecular weight excluding hydrogens is 312 g/mol. The fourth-order valence-electron chi connectivity index (χ4n) is 3.39. The summed E-state index contributed by atoms with van der Waals surface area (Å²) in [7, 11) is 0. The van der Waals surface area contributed by atoms with E-state index in [-0.39, 0.29) is 0 Å². The molecule has 0 saturated heterocycles. The van der Waals surface area contributed by atoms with E-state index in [1.165, 1.54) is 44.1 Å². The molecule has 0 aromatic carbocycles. The largest absolute Gasteiger partial charge is 0.313 e. The van der Waals surface area contributed by atoms with Crippen molar-refractivity contribution in [2.24, 2.45) is 5.41 Å². The maximum absolute atomic E-state index is 4.31. The van der Waals surface area contributed by atoms with Crippen LogP contribution >= 0.6 is 15.9 Å². The zero-order valence-corrected chi connectivity index (χ0v) is 14.4. The molecule has 1 aromatic rings. The van der Waals surface area contributed by atoms with Crippen molar-refractivity contribution in [2.75, 3.05) is 6.54 Å². The molecule has 1 aliphatic carbocycles. The van der Waals surface area contributed by atoms with Gasteiger partial charge in [0.15, 0.2) is 0 Å². The topological polar surface area (TPSA) is 24.9 Å². The second kappa shape index (κ2) is 7.56. The second-order valence-corrected chi connectivity index (χ2v) is 7.35. The van der Waals surface area contributed by atoms with Crippen LogP contribution in [0.5, 0.6) is 0 Å². The van der Waals surface area contributed by atoms with E-state index in [2.05, 4.69) is 46.1 Å². The Morgan fingerprint density at radius 1 is 1.30 bits per heavy atom. The van der Waals surface area contributed by atoms with Crippen LogP contribution in [0.1, 0.15) is 57.9 Å². The minimum atomic E-state index is 0.440. The number of aromatic nitrogens is 1. The normalized spacial score (nSPS) is 19.8. The van der Waals surface area contributed by atoms with E-state index in [4.69, 9.17) is 0 Å². The Labute approximate surface area is 131 Å². The first-order valence-electron chi connectivity index (χ1n) is 7.97. The summed E-state index contributed by atoms with van der Waals surface area (Å²) in [6, 6.07) is 2.78. The van der Waals surface area contributed by atoms with Crippen LogP contribution in [0.25, 0.3) is 0 Å². The van der Waals surface area contributed by atoms with Gasteiger partial charge in [-0.25, -0.2) is 0 Å². The molecular formula is C17H27BrN2. The van der Waals surface area contributed by atoms with Gasteiger partial charge in [0.05, 0.1) is 0 Å². The highest BCUT2D eigenvalue weighted by Crippen LogP contribution is 2.40. The number of hydrogen-bond donors (Lipinski definition) is 1. The van der Waals surface area contributed by atoms with Gasteiger partial charge in [0.2, 0.25) is 0 Å². The van der Waals surface area contributed by atoms with Crippen molar-refractivity contribution in [2.45, 2.75) is 64.8 Å². The van der Waals surface area contributed by atoms with Crippen molar-refractivity contribution in [3.8, 4) is 0 Å². The molecule has 2 nitrogen and oxygen atoms in total. The molecule has 0 aliphatic heterocycles. The Hall–Kier alpha value is -0.410. The first kappa shape index (κ1) is 16.0. The molecule has 3 heteroatoms. The Morgan fingerprint density at radius 2 is 2.05 bits per heavy atom. The minimum Gasteiger partial charge on any atom is -0.313 e. The van der Waals surface area contributed by atoms with Gasteiger partial charge in [0.1, 0.15) is 0 Å². The number of halogens is 1. The third-order valence-corrected chi connectivity index (χ3v) is 5.11. The van der Waals surface area contributed by atoms with Crippen molar-refractivity contribution < 1.29 is 0 Å². The minimum absolute atomic E-state index is 0.440. The molecule has 0 radical (unpaired) electrons. The number of pyridine rings is 1. The Bertz CT molecular complexity index is 413. The van der Waals surface area contributed by atoms with E-state index in [1.807, 2.05) is 12.4 Å². The van der Waals surface area contributed by atoms with Gasteiger partial charge in [-0.2, -0.15) is 0 Å². The summed E-state index contributed by atoms with van der Waals surface area (Å²) < 4.78 is 1.08. The highest BCUT2D eigenvalue weighted by molar-refractivity contribution is 9.10. The molecule has 1 fully saturated rings. The zero-order valence-electron chi connectivity index (χ0n) is 12.8. The molecule has 1 saturated carbocycles. The Balaban J connectivity index is 2.10. The van der Waals surface area contributed by atoms with Crippen LogP contribution in [0.2, 0.25) is 0 Å². The number of nitrogens with zero attached hydrogens (tertiary/aromatic N) is 1. The van der Waals surface area contributed by atoms with Gasteiger partial charge in [0.25, 0.3) is 0 Å². The van der Waals surface area contributed by atoms with Gasteiger partial charge in [-0.15, -0.1) is 0 Å². The molecule has 1 aliphatic rings. The van der Waals surface area contributed by atoms with Gasteiger partial charge >= 0.3 is 0 Å². The van der Waals surface area contributed by atoms with E-state index >= 15 is 0 Å². The van der Waals surface area contributed by atoms with E-state index < -0.39 is 0 Å². The standard InChI is InChI=1S/C17H27BrN2/c1-3-9-20-16(17(2)7-5-4-6-8-17)11-14-10-15(18)13-19-12-14/h10,12-13,16,20H,3-9,11H2,1-2H3. The monoisotopic (exact) mass is 338 g/mol. The Kier molecular flexibility index (Phi) is 6.03. The summed E-state index contributed by atoms with van der Waals surface area (Å²) in [6.45, 7) is 5.83. The quantitative estimate of drug-likeness (QED) is 0.811. The highest BCUT2D eigenvalue weighted by atomic mass is 79.9. The third kappa shape index (κ3) is 4.29. The molecule has 1 N–H and O–H groups in total. The highest BCUT2D eigenvalue weighted by Gasteiger charge is 2.35. The predicted molar refractivity (Wildman–Crippen MR) is 88.9 cm³/mol. The lowest BCUT2D eigenvalue weighted by molar-refractivity contribution is 0.143. The van der Waals surface area contributed by atoms with Gasteiger partial charge in [-0.1, -0.05) is 33.1 Å². The molecule has 1 unspecified atom stereocenters. The maximum atomic E-state index is 4.31. The van der Waals surface area contributed by atoms with Gasteiger partial charge in [-0.05, 0) is 65.2 Å². The summed E-state index contributed by atoms with van der Waals surface area (Å²) in [5.74, 6) is 0. The van der Waals surface area contributed by atoms with Crippen molar-refractivity contribution >= 4 is 15.9 Å². The van der Waals surface area contributed by atoms with Crippen LogP contribution in [0.3, 0.4) is 0 Å². The molecule has 0 bridgehead atoms. The van der Waals surface area contributed by atoms with Crippen molar-refractivity contribution in [1.82, 2.24) is 10.3 Å². The molecule has 0 spiro atoms. The van der Waals surface area contributed by atoms with E-state index in [0.717, 1.165) is 17.4 Å². The van der Waals surface area contributed by atoms with Crippen molar-refractivity contribution in [3.05, 3.63) is 28.5 Å². The number of nitrogens with one attached hydrogen (secondary N) is 1.